The first kappa shape index (κ1) is 32.6. The Kier molecular flexibility index (Phi) is 10.9. The molecule has 0 saturated heterocycles. The van der Waals surface area contributed by atoms with Crippen LogP contribution in [0.1, 0.15) is 61.8 Å². The second-order valence-electron chi connectivity index (χ2n) is 12.2. The quantitative estimate of drug-likeness (QED) is 0.186. The van der Waals surface area contributed by atoms with Crippen molar-refractivity contribution in [1.29, 1.82) is 0 Å². The van der Waals surface area contributed by atoms with Gasteiger partial charge >= 0.3 is 5.97 Å². The van der Waals surface area contributed by atoms with Crippen molar-refractivity contribution in [3.8, 4) is 0 Å². The van der Waals surface area contributed by atoms with Gasteiger partial charge in [-0.05, 0) is 84.1 Å². The Balaban J connectivity index is 1.98. The summed E-state index contributed by atoms with van der Waals surface area (Å²) in [6.45, 7) is 16.8. The topological polar surface area (TPSA) is 44.8 Å². The van der Waals surface area contributed by atoms with Crippen LogP contribution in [0.25, 0.3) is 0 Å². The summed E-state index contributed by atoms with van der Waals surface area (Å²) in [7, 11) is -2.76. The first-order chi connectivity index (χ1) is 18.6. The molecule has 40 heavy (non-hydrogen) atoms. The van der Waals surface area contributed by atoms with Gasteiger partial charge < -0.3 is 13.9 Å². The molecule has 0 bridgehead atoms. The van der Waals surface area contributed by atoms with Gasteiger partial charge in [-0.25, -0.2) is 4.79 Å². The van der Waals surface area contributed by atoms with Gasteiger partial charge in [0.2, 0.25) is 5.79 Å². The van der Waals surface area contributed by atoms with Crippen molar-refractivity contribution in [2.45, 2.75) is 78.7 Å². The Bertz CT molecular complexity index is 1200. The first-order valence-corrected chi connectivity index (χ1v) is 17.3. The highest BCUT2D eigenvalue weighted by molar-refractivity contribution is 9.28. The molecule has 0 aromatic heterocycles. The second kappa shape index (κ2) is 13.4. The van der Waals surface area contributed by atoms with E-state index in [1.54, 1.807) is 13.8 Å². The van der Waals surface area contributed by atoms with E-state index in [1.165, 1.54) is 16.4 Å². The summed E-state index contributed by atoms with van der Waals surface area (Å²) in [5.74, 6) is -0.397. The monoisotopic (exact) mass is 688 g/mol. The van der Waals surface area contributed by atoms with Crippen molar-refractivity contribution in [1.82, 2.24) is 0 Å². The Hall–Kier alpha value is -1.93. The molecule has 0 spiro atoms. The second-order valence-corrected chi connectivity index (χ2v) is 19.2. The molecule has 0 saturated carbocycles. The largest absolute Gasteiger partial charge is 0.452 e. The zero-order valence-electron chi connectivity index (χ0n) is 24.8. The summed E-state index contributed by atoms with van der Waals surface area (Å²) in [6, 6.07) is 21.4. The lowest BCUT2D eigenvalue weighted by atomic mass is 9.91. The molecule has 1 aliphatic heterocycles. The van der Waals surface area contributed by atoms with E-state index in [0.717, 1.165) is 15.4 Å². The lowest BCUT2D eigenvalue weighted by Crippen LogP contribution is -2.68. The molecule has 0 fully saturated rings. The summed E-state index contributed by atoms with van der Waals surface area (Å²) in [5.41, 5.74) is 0.922. The van der Waals surface area contributed by atoms with Gasteiger partial charge in [0.15, 0.2) is 0 Å². The van der Waals surface area contributed by atoms with Gasteiger partial charge in [0.1, 0.15) is 5.76 Å². The molecule has 3 atom stereocenters. The van der Waals surface area contributed by atoms with E-state index >= 15 is 0 Å². The van der Waals surface area contributed by atoms with Crippen LogP contribution in [0, 0.1) is 11.8 Å². The highest BCUT2D eigenvalue weighted by Crippen LogP contribution is 2.39. The average molecular weight is 691 g/mol. The van der Waals surface area contributed by atoms with Crippen LogP contribution < -0.4 is 10.4 Å². The van der Waals surface area contributed by atoms with Crippen molar-refractivity contribution < 1.29 is 18.7 Å². The van der Waals surface area contributed by atoms with Crippen LogP contribution in [0.4, 0.5) is 0 Å². The van der Waals surface area contributed by atoms with Crippen molar-refractivity contribution in [2.24, 2.45) is 11.8 Å². The van der Waals surface area contributed by atoms with E-state index in [-0.39, 0.29) is 28.9 Å². The fraction of sp³-hybridized carbons (Fsp3) is 0.424. The molecule has 1 heterocycles. The minimum atomic E-state index is -2.76. The van der Waals surface area contributed by atoms with Crippen LogP contribution in [0.15, 0.2) is 93.6 Å². The number of hydrogen-bond acceptors (Lipinski definition) is 4. The summed E-state index contributed by atoms with van der Waals surface area (Å²) in [6.07, 6.45) is 6.45. The Morgan fingerprint density at radius 2 is 1.48 bits per heavy atom. The molecular formula is C33H42Br2O4Si. The lowest BCUT2D eigenvalue weighted by molar-refractivity contribution is -0.203. The number of ether oxygens (including phenoxy) is 2. The standard InChI is InChI=1S/C33H42Br2O4Si/c1-23(19-24(2)28-22-31(36)38-33(7,8)37-28)20-25(3)29(21-30(34)35)39-40(32(4,5)6,26-15-11-9-12-16-26)27-17-13-10-14-18-27/h9-19,21-23,25,29H,20H2,1-8H3/b24-19-/t23-,25+,29-/m1/s1. The van der Waals surface area contributed by atoms with Crippen LogP contribution in [0.5, 0.6) is 0 Å². The molecule has 1 aliphatic rings. The van der Waals surface area contributed by atoms with E-state index in [0.29, 0.717) is 5.76 Å². The van der Waals surface area contributed by atoms with Gasteiger partial charge in [0.25, 0.3) is 8.32 Å². The van der Waals surface area contributed by atoms with Gasteiger partial charge in [-0.15, -0.1) is 0 Å². The number of benzene rings is 2. The lowest BCUT2D eigenvalue weighted by Gasteiger charge is -2.46. The van der Waals surface area contributed by atoms with Crippen molar-refractivity contribution in [2.75, 3.05) is 0 Å². The Morgan fingerprint density at radius 3 is 1.93 bits per heavy atom. The number of halogens is 2. The average Bonchev–Trinajstić information content (AvgIpc) is 2.85. The number of carbonyl (C=O) groups is 1. The number of rotatable bonds is 10. The highest BCUT2D eigenvalue weighted by Gasteiger charge is 2.51. The number of hydrogen-bond donors (Lipinski definition) is 0. The third-order valence-electron chi connectivity index (χ3n) is 7.20. The summed E-state index contributed by atoms with van der Waals surface area (Å²) >= 11 is 7.24. The molecule has 3 rings (SSSR count). The molecule has 0 amide bonds. The fourth-order valence-corrected chi connectivity index (χ4v) is 10.8. The van der Waals surface area contributed by atoms with Gasteiger partial charge in [-0.3, -0.25) is 0 Å². The summed E-state index contributed by atoms with van der Waals surface area (Å²) < 4.78 is 19.5. The number of carbonyl (C=O) groups excluding carboxylic acids is 1. The summed E-state index contributed by atoms with van der Waals surface area (Å²) in [4.78, 5) is 12.1. The molecular weight excluding hydrogens is 648 g/mol. The molecule has 216 valence electrons. The normalized spacial score (nSPS) is 18.1. The molecule has 4 nitrogen and oxygen atoms in total. The Morgan fingerprint density at radius 1 is 0.950 bits per heavy atom. The van der Waals surface area contributed by atoms with Crippen LogP contribution in [0.2, 0.25) is 5.04 Å². The summed E-state index contributed by atoms with van der Waals surface area (Å²) in [5, 5.41) is 2.38. The minimum absolute atomic E-state index is 0.130. The van der Waals surface area contributed by atoms with Crippen LogP contribution >= 0.6 is 31.9 Å². The molecule has 2 aromatic carbocycles. The van der Waals surface area contributed by atoms with Crippen LogP contribution in [-0.2, 0) is 18.7 Å². The maximum atomic E-state index is 12.1. The SMILES string of the molecule is C/C(=C/[C@@H](C)C[C@H](C)[C@@H](C=C(Br)Br)O[Si](c1ccccc1)(c1ccccc1)C(C)(C)C)C1=CC(=O)OC(C)(C)O1. The van der Waals surface area contributed by atoms with Crippen LogP contribution in [0.3, 0.4) is 0 Å². The molecule has 7 heteroatoms. The molecule has 2 aromatic rings. The zero-order valence-corrected chi connectivity index (χ0v) is 29.0. The predicted molar refractivity (Wildman–Crippen MR) is 174 cm³/mol. The number of cyclic esters (lactones) is 1. The van der Waals surface area contributed by atoms with Crippen molar-refractivity contribution >= 4 is 56.5 Å². The molecule has 0 N–H and O–H groups in total. The molecule has 0 radical (unpaired) electrons. The van der Waals surface area contributed by atoms with Gasteiger partial charge in [0.05, 0.1) is 15.6 Å². The van der Waals surface area contributed by atoms with E-state index in [2.05, 4.69) is 139 Å². The van der Waals surface area contributed by atoms with E-state index < -0.39 is 14.1 Å². The van der Waals surface area contributed by atoms with Crippen LogP contribution in [-0.4, -0.2) is 26.2 Å². The van der Waals surface area contributed by atoms with E-state index in [1.807, 2.05) is 6.92 Å². The maximum Gasteiger partial charge on any atom is 0.337 e. The smallest absolute Gasteiger partial charge is 0.337 e. The number of esters is 1. The zero-order chi connectivity index (χ0) is 29.7. The van der Waals surface area contributed by atoms with E-state index in [4.69, 9.17) is 13.9 Å². The van der Waals surface area contributed by atoms with Gasteiger partial charge in [0, 0.05) is 13.8 Å². The molecule has 0 aliphatic carbocycles. The third kappa shape index (κ3) is 8.08. The minimum Gasteiger partial charge on any atom is -0.452 e. The third-order valence-corrected chi connectivity index (χ3v) is 12.8. The van der Waals surface area contributed by atoms with Gasteiger partial charge in [-0.1, -0.05) is 101 Å². The highest BCUT2D eigenvalue weighted by atomic mass is 79.9. The van der Waals surface area contributed by atoms with E-state index in [9.17, 15) is 4.79 Å². The number of allylic oxidation sites excluding steroid dienone is 2. The predicted octanol–water partition coefficient (Wildman–Crippen LogP) is 8.36. The van der Waals surface area contributed by atoms with Crippen molar-refractivity contribution in [3.05, 3.63) is 93.6 Å². The Labute approximate surface area is 258 Å². The maximum absolute atomic E-state index is 12.1. The van der Waals surface area contributed by atoms with Gasteiger partial charge in [-0.2, -0.15) is 0 Å². The molecule has 0 unspecified atom stereocenters. The fourth-order valence-electron chi connectivity index (χ4n) is 5.52. The van der Waals surface area contributed by atoms with Crippen molar-refractivity contribution in [3.63, 3.8) is 0 Å². The first-order valence-electron chi connectivity index (χ1n) is 13.8.